The Hall–Kier alpha value is -2.26. The number of halogens is 4. The standard InChI is InChI=1S/C37H46ClF3/c1-2-3-4-5-6-7-27-8-10-28(11-9-27)12-13-29-14-16-30(17-15-29)18-19-31-20-22-33(34(39)24-31)23-21-32-25-35(40)37(38)36(41)26-32/h8-11,20,22,24-26,29-30H,2-7,12-19,21,23H2,1H3/t29-,30-. The predicted molar refractivity (Wildman–Crippen MR) is 166 cm³/mol. The molecule has 1 saturated carbocycles. The zero-order chi connectivity index (χ0) is 29.0. The van der Waals surface area contributed by atoms with Crippen LogP contribution in [0.4, 0.5) is 13.2 Å². The average Bonchev–Trinajstić information content (AvgIpc) is 2.98. The Labute approximate surface area is 250 Å². The lowest BCUT2D eigenvalue weighted by Crippen LogP contribution is -2.16. The molecule has 3 aromatic carbocycles. The summed E-state index contributed by atoms with van der Waals surface area (Å²) in [7, 11) is 0. The van der Waals surface area contributed by atoms with Gasteiger partial charge in [0, 0.05) is 0 Å². The maximum absolute atomic E-state index is 14.8. The predicted octanol–water partition coefficient (Wildman–Crippen LogP) is 11.4. The van der Waals surface area contributed by atoms with Crippen molar-refractivity contribution in [1.82, 2.24) is 0 Å². The van der Waals surface area contributed by atoms with Gasteiger partial charge in [-0.15, -0.1) is 0 Å². The second kappa shape index (κ2) is 16.4. The van der Waals surface area contributed by atoms with Crippen LogP contribution in [-0.2, 0) is 32.1 Å². The molecule has 0 unspecified atom stereocenters. The molecule has 1 aliphatic rings. The van der Waals surface area contributed by atoms with Crippen LogP contribution in [0.2, 0.25) is 5.02 Å². The van der Waals surface area contributed by atoms with Crippen molar-refractivity contribution in [3.05, 3.63) is 105 Å². The minimum Gasteiger partial charge on any atom is -0.207 e. The second-order valence-electron chi connectivity index (χ2n) is 12.2. The van der Waals surface area contributed by atoms with Crippen LogP contribution in [-0.4, -0.2) is 0 Å². The van der Waals surface area contributed by atoms with Gasteiger partial charge in [0.2, 0.25) is 0 Å². The first kappa shape index (κ1) is 31.7. The number of unbranched alkanes of at least 4 members (excludes halogenated alkanes) is 4. The van der Waals surface area contributed by atoms with Crippen LogP contribution in [0.5, 0.6) is 0 Å². The monoisotopic (exact) mass is 582 g/mol. The van der Waals surface area contributed by atoms with E-state index in [1.165, 1.54) is 100 Å². The summed E-state index contributed by atoms with van der Waals surface area (Å²) in [6, 6.07) is 17.3. The average molecular weight is 583 g/mol. The third-order valence-corrected chi connectivity index (χ3v) is 9.45. The third kappa shape index (κ3) is 10.2. The lowest BCUT2D eigenvalue weighted by Gasteiger charge is -2.28. The molecule has 41 heavy (non-hydrogen) atoms. The van der Waals surface area contributed by atoms with Crippen molar-refractivity contribution >= 4 is 11.6 Å². The van der Waals surface area contributed by atoms with Gasteiger partial charge in [-0.3, -0.25) is 0 Å². The largest absolute Gasteiger partial charge is 0.207 e. The molecule has 0 bridgehead atoms. The Bertz CT molecular complexity index is 1190. The van der Waals surface area contributed by atoms with E-state index in [2.05, 4.69) is 31.2 Å². The molecule has 0 N–H and O–H groups in total. The topological polar surface area (TPSA) is 0 Å². The summed E-state index contributed by atoms with van der Waals surface area (Å²) < 4.78 is 42.1. The number of benzene rings is 3. The Morgan fingerprint density at radius 2 is 1.07 bits per heavy atom. The van der Waals surface area contributed by atoms with Crippen LogP contribution in [0, 0.1) is 29.3 Å². The van der Waals surface area contributed by atoms with Crippen LogP contribution >= 0.6 is 11.6 Å². The van der Waals surface area contributed by atoms with E-state index < -0.39 is 16.7 Å². The molecule has 0 aromatic heterocycles. The highest BCUT2D eigenvalue weighted by atomic mass is 35.5. The van der Waals surface area contributed by atoms with Crippen molar-refractivity contribution in [3.8, 4) is 0 Å². The van der Waals surface area contributed by atoms with Gasteiger partial charge in [0.1, 0.15) is 22.5 Å². The Kier molecular flexibility index (Phi) is 12.7. The molecule has 0 spiro atoms. The van der Waals surface area contributed by atoms with Gasteiger partial charge in [0.05, 0.1) is 0 Å². The molecular weight excluding hydrogens is 537 g/mol. The molecule has 222 valence electrons. The fourth-order valence-corrected chi connectivity index (χ4v) is 6.45. The lowest BCUT2D eigenvalue weighted by atomic mass is 9.77. The third-order valence-electron chi connectivity index (χ3n) is 9.08. The van der Waals surface area contributed by atoms with E-state index in [4.69, 9.17) is 11.6 Å². The first-order valence-corrected chi connectivity index (χ1v) is 16.3. The van der Waals surface area contributed by atoms with Gasteiger partial charge in [-0.25, -0.2) is 13.2 Å². The van der Waals surface area contributed by atoms with Crippen molar-refractivity contribution in [2.24, 2.45) is 11.8 Å². The van der Waals surface area contributed by atoms with Gasteiger partial charge in [-0.2, -0.15) is 0 Å². The van der Waals surface area contributed by atoms with E-state index in [1.54, 1.807) is 6.07 Å². The molecule has 4 rings (SSSR count). The van der Waals surface area contributed by atoms with Gasteiger partial charge in [-0.1, -0.05) is 106 Å². The molecule has 0 heterocycles. The van der Waals surface area contributed by atoms with Crippen LogP contribution < -0.4 is 0 Å². The van der Waals surface area contributed by atoms with Crippen LogP contribution in [0.25, 0.3) is 0 Å². The maximum atomic E-state index is 14.8. The number of rotatable bonds is 15. The maximum Gasteiger partial charge on any atom is 0.145 e. The minimum absolute atomic E-state index is 0.235. The normalized spacial score (nSPS) is 17.2. The van der Waals surface area contributed by atoms with Crippen molar-refractivity contribution < 1.29 is 13.2 Å². The van der Waals surface area contributed by atoms with Crippen molar-refractivity contribution in [2.75, 3.05) is 0 Å². The SMILES string of the molecule is CCCCCCCc1ccc(CC[C@H]2CC[C@H](CCc3ccc(CCc4cc(F)c(Cl)c(F)c4)c(F)c3)CC2)cc1. The molecule has 1 fully saturated rings. The van der Waals surface area contributed by atoms with Crippen LogP contribution in [0.3, 0.4) is 0 Å². The molecule has 3 aromatic rings. The summed E-state index contributed by atoms with van der Waals surface area (Å²) in [5.41, 5.74) is 5.03. The zero-order valence-electron chi connectivity index (χ0n) is 24.7. The minimum atomic E-state index is -0.778. The highest BCUT2D eigenvalue weighted by molar-refractivity contribution is 6.30. The van der Waals surface area contributed by atoms with Gasteiger partial charge in [0.15, 0.2) is 0 Å². The molecule has 0 atom stereocenters. The Morgan fingerprint density at radius 3 is 1.66 bits per heavy atom. The van der Waals surface area contributed by atoms with Gasteiger partial charge in [0.25, 0.3) is 0 Å². The molecule has 4 heteroatoms. The van der Waals surface area contributed by atoms with E-state index in [1.807, 2.05) is 12.1 Å². The molecule has 0 nitrogen and oxygen atoms in total. The highest BCUT2D eigenvalue weighted by Crippen LogP contribution is 2.34. The van der Waals surface area contributed by atoms with E-state index in [0.717, 1.165) is 30.2 Å². The van der Waals surface area contributed by atoms with Gasteiger partial charge >= 0.3 is 0 Å². The van der Waals surface area contributed by atoms with E-state index in [0.29, 0.717) is 24.0 Å². The fraction of sp³-hybridized carbons (Fsp3) is 0.514. The van der Waals surface area contributed by atoms with Crippen molar-refractivity contribution in [3.63, 3.8) is 0 Å². The van der Waals surface area contributed by atoms with Gasteiger partial charge < -0.3 is 0 Å². The zero-order valence-corrected chi connectivity index (χ0v) is 25.4. The van der Waals surface area contributed by atoms with E-state index >= 15 is 0 Å². The summed E-state index contributed by atoms with van der Waals surface area (Å²) in [5.74, 6) is -0.245. The molecule has 0 radical (unpaired) electrons. The summed E-state index contributed by atoms with van der Waals surface area (Å²) in [6.45, 7) is 2.26. The smallest absolute Gasteiger partial charge is 0.145 e. The first-order valence-electron chi connectivity index (χ1n) is 15.9. The van der Waals surface area contributed by atoms with Crippen molar-refractivity contribution in [1.29, 1.82) is 0 Å². The molecule has 0 amide bonds. The molecular formula is C37H46ClF3. The van der Waals surface area contributed by atoms with Gasteiger partial charge in [-0.05, 0) is 109 Å². The molecule has 1 aliphatic carbocycles. The quantitative estimate of drug-likeness (QED) is 0.123. The summed E-state index contributed by atoms with van der Waals surface area (Å²) in [5, 5.41) is -0.498. The molecule has 0 aliphatic heterocycles. The number of hydrogen-bond acceptors (Lipinski definition) is 0. The highest BCUT2D eigenvalue weighted by Gasteiger charge is 2.21. The van der Waals surface area contributed by atoms with Crippen molar-refractivity contribution in [2.45, 2.75) is 110 Å². The van der Waals surface area contributed by atoms with E-state index in [-0.39, 0.29) is 5.82 Å². The Balaban J connectivity index is 1.13. The summed E-state index contributed by atoms with van der Waals surface area (Å²) in [6.07, 6.45) is 18.3. The first-order chi connectivity index (χ1) is 19.9. The number of hydrogen-bond donors (Lipinski definition) is 0. The van der Waals surface area contributed by atoms with Crippen LogP contribution in [0.1, 0.15) is 105 Å². The summed E-state index contributed by atoms with van der Waals surface area (Å²) >= 11 is 5.56. The fourth-order valence-electron chi connectivity index (χ4n) is 6.34. The summed E-state index contributed by atoms with van der Waals surface area (Å²) in [4.78, 5) is 0. The Morgan fingerprint density at radius 1 is 0.561 bits per heavy atom. The second-order valence-corrected chi connectivity index (χ2v) is 12.6. The lowest BCUT2D eigenvalue weighted by molar-refractivity contribution is 0.253. The van der Waals surface area contributed by atoms with Crippen LogP contribution in [0.15, 0.2) is 54.6 Å². The van der Waals surface area contributed by atoms with E-state index in [9.17, 15) is 13.2 Å². The number of aryl methyl sites for hydroxylation is 5. The molecule has 0 saturated heterocycles.